The SMILES string of the molecule is Ic1ccc2nc(-c3ccccc3)cn2c1. The van der Waals surface area contributed by atoms with E-state index in [9.17, 15) is 0 Å². The molecule has 0 aliphatic rings. The quantitative estimate of drug-likeness (QED) is 0.626. The van der Waals surface area contributed by atoms with Crippen LogP contribution in [0.2, 0.25) is 0 Å². The molecule has 0 fully saturated rings. The van der Waals surface area contributed by atoms with Crippen molar-refractivity contribution in [1.82, 2.24) is 9.38 Å². The molecule has 0 atom stereocenters. The van der Waals surface area contributed by atoms with Crippen molar-refractivity contribution in [3.05, 3.63) is 58.4 Å². The lowest BCUT2D eigenvalue weighted by molar-refractivity contribution is 1.17. The smallest absolute Gasteiger partial charge is 0.137 e. The van der Waals surface area contributed by atoms with Crippen molar-refractivity contribution in [2.45, 2.75) is 0 Å². The molecule has 16 heavy (non-hydrogen) atoms. The fourth-order valence-corrected chi connectivity index (χ4v) is 2.19. The molecule has 3 heteroatoms. The van der Waals surface area contributed by atoms with Crippen LogP contribution in [-0.4, -0.2) is 9.38 Å². The molecule has 0 N–H and O–H groups in total. The summed E-state index contributed by atoms with van der Waals surface area (Å²) in [6.07, 6.45) is 4.14. The third-order valence-electron chi connectivity index (χ3n) is 2.48. The van der Waals surface area contributed by atoms with Crippen LogP contribution in [-0.2, 0) is 0 Å². The summed E-state index contributed by atoms with van der Waals surface area (Å²) < 4.78 is 3.27. The highest BCUT2D eigenvalue weighted by atomic mass is 127. The second-order valence-electron chi connectivity index (χ2n) is 3.60. The monoisotopic (exact) mass is 320 g/mol. The van der Waals surface area contributed by atoms with Crippen LogP contribution in [0.4, 0.5) is 0 Å². The van der Waals surface area contributed by atoms with E-state index in [1.165, 1.54) is 3.57 Å². The Hall–Kier alpha value is -1.36. The van der Waals surface area contributed by atoms with Crippen molar-refractivity contribution in [3.63, 3.8) is 0 Å². The normalized spacial score (nSPS) is 10.8. The van der Waals surface area contributed by atoms with E-state index in [4.69, 9.17) is 0 Å². The van der Waals surface area contributed by atoms with Crippen LogP contribution < -0.4 is 0 Å². The summed E-state index contributed by atoms with van der Waals surface area (Å²) in [5.74, 6) is 0. The predicted octanol–water partition coefficient (Wildman–Crippen LogP) is 3.61. The molecule has 2 nitrogen and oxygen atoms in total. The largest absolute Gasteiger partial charge is 0.305 e. The van der Waals surface area contributed by atoms with Gasteiger partial charge in [0, 0.05) is 21.5 Å². The lowest BCUT2D eigenvalue weighted by Crippen LogP contribution is -1.82. The Labute approximate surface area is 107 Å². The first-order valence-corrected chi connectivity index (χ1v) is 6.10. The Balaban J connectivity index is 2.19. The maximum Gasteiger partial charge on any atom is 0.137 e. The van der Waals surface area contributed by atoms with Gasteiger partial charge in [0.2, 0.25) is 0 Å². The Morgan fingerprint density at radius 3 is 2.56 bits per heavy atom. The zero-order chi connectivity index (χ0) is 11.0. The number of rotatable bonds is 1. The van der Waals surface area contributed by atoms with Gasteiger partial charge < -0.3 is 4.40 Å². The number of benzene rings is 1. The summed E-state index contributed by atoms with van der Waals surface area (Å²) in [5, 5.41) is 0. The van der Waals surface area contributed by atoms with Crippen molar-refractivity contribution in [1.29, 1.82) is 0 Å². The zero-order valence-corrected chi connectivity index (χ0v) is 10.6. The highest BCUT2D eigenvalue weighted by Crippen LogP contribution is 2.19. The molecular formula is C13H9IN2. The number of fused-ring (bicyclic) bond motifs is 1. The van der Waals surface area contributed by atoms with Crippen molar-refractivity contribution >= 4 is 28.2 Å². The third kappa shape index (κ3) is 1.71. The van der Waals surface area contributed by atoms with Gasteiger partial charge in [-0.05, 0) is 34.7 Å². The summed E-state index contributed by atoms with van der Waals surface area (Å²) in [4.78, 5) is 4.58. The van der Waals surface area contributed by atoms with Crippen LogP contribution in [0.3, 0.4) is 0 Å². The Morgan fingerprint density at radius 2 is 1.75 bits per heavy atom. The summed E-state index contributed by atoms with van der Waals surface area (Å²) in [7, 11) is 0. The van der Waals surface area contributed by atoms with Crippen LogP contribution >= 0.6 is 22.6 Å². The Bertz CT molecular complexity index is 629. The predicted molar refractivity (Wildman–Crippen MR) is 73.3 cm³/mol. The van der Waals surface area contributed by atoms with E-state index in [1.54, 1.807) is 0 Å². The number of nitrogens with zero attached hydrogens (tertiary/aromatic N) is 2. The fourth-order valence-electron chi connectivity index (χ4n) is 1.71. The van der Waals surface area contributed by atoms with Crippen molar-refractivity contribution in [2.75, 3.05) is 0 Å². The minimum absolute atomic E-state index is 0.985. The van der Waals surface area contributed by atoms with Crippen molar-refractivity contribution < 1.29 is 0 Å². The van der Waals surface area contributed by atoms with E-state index in [-0.39, 0.29) is 0 Å². The molecule has 2 aromatic heterocycles. The van der Waals surface area contributed by atoms with Gasteiger partial charge in [0.25, 0.3) is 0 Å². The van der Waals surface area contributed by atoms with Gasteiger partial charge >= 0.3 is 0 Å². The fraction of sp³-hybridized carbons (Fsp3) is 0. The van der Waals surface area contributed by atoms with Crippen LogP contribution in [0.5, 0.6) is 0 Å². The molecule has 0 bridgehead atoms. The van der Waals surface area contributed by atoms with Crippen LogP contribution in [0.15, 0.2) is 54.9 Å². The standard InChI is InChI=1S/C13H9IN2/c14-11-6-7-13-15-12(9-16(13)8-11)10-4-2-1-3-5-10/h1-9H. The highest BCUT2D eigenvalue weighted by Gasteiger charge is 2.03. The molecule has 3 rings (SSSR count). The Morgan fingerprint density at radius 1 is 0.938 bits per heavy atom. The number of hydrogen-bond donors (Lipinski definition) is 0. The van der Waals surface area contributed by atoms with Crippen LogP contribution in [0.1, 0.15) is 0 Å². The average molecular weight is 320 g/mol. The molecule has 3 aromatic rings. The number of hydrogen-bond acceptors (Lipinski definition) is 1. The molecule has 0 saturated carbocycles. The number of aromatic nitrogens is 2. The maximum absolute atomic E-state index is 4.58. The van der Waals surface area contributed by atoms with Crippen LogP contribution in [0.25, 0.3) is 16.9 Å². The molecule has 78 valence electrons. The second-order valence-corrected chi connectivity index (χ2v) is 4.85. The van der Waals surface area contributed by atoms with Crippen molar-refractivity contribution in [2.24, 2.45) is 0 Å². The van der Waals surface area contributed by atoms with Crippen molar-refractivity contribution in [3.8, 4) is 11.3 Å². The molecule has 2 heterocycles. The van der Waals surface area contributed by atoms with Gasteiger partial charge in [-0.25, -0.2) is 4.98 Å². The van der Waals surface area contributed by atoms with E-state index in [1.807, 2.05) is 24.3 Å². The molecule has 0 amide bonds. The number of imidazole rings is 1. The summed E-state index contributed by atoms with van der Waals surface area (Å²) in [6.45, 7) is 0. The molecule has 1 aromatic carbocycles. The van der Waals surface area contributed by atoms with Gasteiger partial charge in [-0.3, -0.25) is 0 Å². The van der Waals surface area contributed by atoms with E-state index < -0.39 is 0 Å². The van der Waals surface area contributed by atoms with Gasteiger partial charge in [0.05, 0.1) is 5.69 Å². The first-order chi connectivity index (χ1) is 7.83. The van der Waals surface area contributed by atoms with Gasteiger partial charge in [-0.1, -0.05) is 30.3 Å². The highest BCUT2D eigenvalue weighted by molar-refractivity contribution is 14.1. The maximum atomic E-state index is 4.58. The Kier molecular flexibility index (Phi) is 2.40. The topological polar surface area (TPSA) is 17.3 Å². The van der Waals surface area contributed by atoms with Gasteiger partial charge in [0.15, 0.2) is 0 Å². The minimum Gasteiger partial charge on any atom is -0.305 e. The first-order valence-electron chi connectivity index (χ1n) is 5.02. The summed E-state index contributed by atoms with van der Waals surface area (Å²) in [5.41, 5.74) is 3.16. The van der Waals surface area contributed by atoms with Gasteiger partial charge in [-0.2, -0.15) is 0 Å². The molecule has 0 radical (unpaired) electrons. The summed E-state index contributed by atoms with van der Waals surface area (Å²) in [6, 6.07) is 14.3. The van der Waals surface area contributed by atoms with E-state index >= 15 is 0 Å². The molecular weight excluding hydrogens is 311 g/mol. The molecule has 0 saturated heterocycles. The minimum atomic E-state index is 0.985. The molecule has 0 aliphatic carbocycles. The zero-order valence-electron chi connectivity index (χ0n) is 8.47. The molecule has 0 aliphatic heterocycles. The first kappa shape index (κ1) is 9.84. The molecule has 0 spiro atoms. The molecule has 0 unspecified atom stereocenters. The average Bonchev–Trinajstić information content (AvgIpc) is 2.73. The van der Waals surface area contributed by atoms with Gasteiger partial charge in [-0.15, -0.1) is 0 Å². The summed E-state index contributed by atoms with van der Waals surface area (Å²) >= 11 is 2.30. The second kappa shape index (κ2) is 3.90. The van der Waals surface area contributed by atoms with E-state index in [2.05, 4.69) is 62.6 Å². The van der Waals surface area contributed by atoms with Gasteiger partial charge in [0.1, 0.15) is 5.65 Å². The number of pyridine rings is 1. The van der Waals surface area contributed by atoms with Crippen LogP contribution in [0, 0.1) is 3.57 Å². The van der Waals surface area contributed by atoms with E-state index in [0.29, 0.717) is 0 Å². The lowest BCUT2D eigenvalue weighted by atomic mass is 10.2. The third-order valence-corrected chi connectivity index (χ3v) is 3.12. The lowest BCUT2D eigenvalue weighted by Gasteiger charge is -1.92. The number of halogens is 1. The van der Waals surface area contributed by atoms with E-state index in [0.717, 1.165) is 16.9 Å².